The number of fused-ring (bicyclic) bond motifs is 2. The lowest BCUT2D eigenvalue weighted by molar-refractivity contribution is -0.150. The number of hydrogen-bond acceptors (Lipinski definition) is 13. The third-order valence-electron chi connectivity index (χ3n) is 5.80. The first-order valence-corrected chi connectivity index (χ1v) is 14.4. The van der Waals surface area contributed by atoms with Gasteiger partial charge in [0.25, 0.3) is 11.8 Å². The van der Waals surface area contributed by atoms with Crippen molar-refractivity contribution in [2.45, 2.75) is 16.6 Å². The molecule has 1 saturated heterocycles. The van der Waals surface area contributed by atoms with E-state index < -0.39 is 29.2 Å². The number of amides is 2. The molecule has 1 aromatic carbocycles. The molecule has 2 atom stereocenters. The van der Waals surface area contributed by atoms with Gasteiger partial charge in [-0.15, -0.1) is 23.1 Å². The summed E-state index contributed by atoms with van der Waals surface area (Å²) in [6.07, 6.45) is 1.44. The van der Waals surface area contributed by atoms with Gasteiger partial charge in [-0.2, -0.15) is 0 Å². The zero-order valence-electron chi connectivity index (χ0n) is 20.4. The lowest BCUT2D eigenvalue weighted by Crippen LogP contribution is -2.71. The number of H-pyrrole nitrogens is 1. The number of oxime groups is 1. The Balaban J connectivity index is 1.31. The van der Waals surface area contributed by atoms with Gasteiger partial charge in [-0.25, -0.2) is 14.8 Å². The molecule has 0 radical (unpaired) electrons. The number of aromatic nitrogens is 3. The third kappa shape index (κ3) is 5.17. The number of rotatable bonds is 10. The Morgan fingerprint density at radius 1 is 1.35 bits per heavy atom. The summed E-state index contributed by atoms with van der Waals surface area (Å²) in [5, 5.41) is 37.3. The second-order valence-electron chi connectivity index (χ2n) is 8.40. The molecule has 5 rings (SSSR count). The van der Waals surface area contributed by atoms with Crippen LogP contribution in [0.4, 0.5) is 5.13 Å². The van der Waals surface area contributed by atoms with Gasteiger partial charge in [0.05, 0.1) is 11.0 Å². The average molecular weight is 604 g/mol. The van der Waals surface area contributed by atoms with E-state index in [1.54, 1.807) is 0 Å². The fraction of sp³-hybridized carbons (Fsp3) is 0.217. The molecule has 4 heterocycles. The lowest BCUT2D eigenvalue weighted by Gasteiger charge is -2.49. The summed E-state index contributed by atoms with van der Waals surface area (Å²) < 4.78 is 0. The highest BCUT2D eigenvalue weighted by Gasteiger charge is 2.54. The molecule has 40 heavy (non-hydrogen) atoms. The summed E-state index contributed by atoms with van der Waals surface area (Å²) in [5.41, 5.74) is 6.96. The molecule has 2 aromatic heterocycles. The molecule has 2 aliphatic rings. The van der Waals surface area contributed by atoms with Gasteiger partial charge >= 0.3 is 5.97 Å². The van der Waals surface area contributed by atoms with E-state index in [0.29, 0.717) is 27.5 Å². The summed E-state index contributed by atoms with van der Waals surface area (Å²) in [6, 6.07) is 1.66. The molecule has 2 amide bonds. The van der Waals surface area contributed by atoms with Crippen molar-refractivity contribution in [2.75, 3.05) is 23.8 Å². The molecule has 14 nitrogen and oxygen atoms in total. The van der Waals surface area contributed by atoms with Crippen LogP contribution in [0.5, 0.6) is 11.5 Å². The number of thioether (sulfide) groups is 2. The van der Waals surface area contributed by atoms with E-state index in [1.807, 2.05) is 0 Å². The molecule has 0 spiro atoms. The van der Waals surface area contributed by atoms with Crippen LogP contribution in [-0.4, -0.2) is 88.2 Å². The summed E-state index contributed by atoms with van der Waals surface area (Å²) in [5.74, 6) is -2.67. The number of β-lactam (4-membered cyclic amide) rings is 1. The number of phenols is 2. The SMILES string of the molecule is C=CCON=C(C(=O)N[C@@H]1C(=O)N2C(C(=O)O)=C(CSc3nc4cc(O)c(O)cc4[nH]3)CS[C@H]12)c1csc(N)n1. The molecule has 0 saturated carbocycles. The quantitative estimate of drug-likeness (QED) is 0.0369. The predicted molar refractivity (Wildman–Crippen MR) is 149 cm³/mol. The van der Waals surface area contributed by atoms with Gasteiger partial charge in [-0.05, 0) is 5.57 Å². The molecule has 7 N–H and O–H groups in total. The van der Waals surface area contributed by atoms with Crippen molar-refractivity contribution in [2.24, 2.45) is 5.16 Å². The highest BCUT2D eigenvalue weighted by molar-refractivity contribution is 8.01. The molecule has 0 bridgehead atoms. The topological polar surface area (TPSA) is 216 Å². The number of carboxylic acids is 1. The van der Waals surface area contributed by atoms with Crippen LogP contribution in [-0.2, 0) is 19.2 Å². The normalized spacial score (nSPS) is 18.9. The Kier molecular flexibility index (Phi) is 7.59. The first-order valence-electron chi connectivity index (χ1n) is 11.5. The predicted octanol–water partition coefficient (Wildman–Crippen LogP) is 1.45. The third-order valence-corrected chi connectivity index (χ3v) is 8.78. The van der Waals surface area contributed by atoms with E-state index >= 15 is 0 Å². The van der Waals surface area contributed by atoms with Crippen molar-refractivity contribution in [3.8, 4) is 11.5 Å². The number of aromatic hydroxyl groups is 2. The fourth-order valence-corrected chi connectivity index (χ4v) is 6.91. The van der Waals surface area contributed by atoms with E-state index in [2.05, 4.69) is 32.0 Å². The number of nitrogens with one attached hydrogen (secondary N) is 2. The highest BCUT2D eigenvalue weighted by Crippen LogP contribution is 2.41. The van der Waals surface area contributed by atoms with Crippen LogP contribution in [0.15, 0.2) is 51.8 Å². The fourth-order valence-electron chi connectivity index (χ4n) is 3.99. The number of hydrogen-bond donors (Lipinski definition) is 6. The van der Waals surface area contributed by atoms with Crippen molar-refractivity contribution in [3.05, 3.63) is 47.1 Å². The van der Waals surface area contributed by atoms with E-state index in [0.717, 1.165) is 16.2 Å². The monoisotopic (exact) mass is 603 g/mol. The Bertz CT molecular complexity index is 1560. The smallest absolute Gasteiger partial charge is 0.352 e. The molecule has 3 aromatic rings. The molecule has 2 aliphatic heterocycles. The summed E-state index contributed by atoms with van der Waals surface area (Å²) in [6.45, 7) is 3.56. The Labute approximate surface area is 238 Å². The molecule has 17 heteroatoms. The zero-order chi connectivity index (χ0) is 28.6. The number of aliphatic carboxylic acids is 1. The average Bonchev–Trinajstić information content (AvgIpc) is 3.53. The number of carbonyl (C=O) groups is 3. The Morgan fingerprint density at radius 3 is 2.83 bits per heavy atom. The first-order chi connectivity index (χ1) is 19.2. The number of thiazole rings is 1. The number of nitrogens with zero attached hydrogens (tertiary/aromatic N) is 4. The number of carbonyl (C=O) groups excluding carboxylic acids is 2. The van der Waals surface area contributed by atoms with E-state index in [4.69, 9.17) is 10.6 Å². The number of nitrogen functional groups attached to an aromatic ring is 1. The van der Waals surface area contributed by atoms with E-state index in [9.17, 15) is 29.7 Å². The molecule has 208 valence electrons. The van der Waals surface area contributed by atoms with Crippen LogP contribution in [0.3, 0.4) is 0 Å². The highest BCUT2D eigenvalue weighted by atomic mass is 32.2. The maximum Gasteiger partial charge on any atom is 0.352 e. The number of benzene rings is 1. The summed E-state index contributed by atoms with van der Waals surface area (Å²) in [4.78, 5) is 56.0. The second-order valence-corrected chi connectivity index (χ2v) is 11.4. The Hall–Kier alpha value is -4.22. The van der Waals surface area contributed by atoms with Crippen LogP contribution in [0.1, 0.15) is 5.69 Å². The van der Waals surface area contributed by atoms with Crippen LogP contribution in [0, 0.1) is 0 Å². The number of nitrogens with two attached hydrogens (primary N) is 1. The van der Waals surface area contributed by atoms with Gasteiger partial charge in [0.2, 0.25) is 0 Å². The lowest BCUT2D eigenvalue weighted by atomic mass is 10.0. The first kappa shape index (κ1) is 27.4. The molecular weight excluding hydrogens is 582 g/mol. The van der Waals surface area contributed by atoms with Crippen LogP contribution < -0.4 is 11.1 Å². The minimum atomic E-state index is -1.27. The Morgan fingerprint density at radius 2 is 2.12 bits per heavy atom. The molecule has 0 aliphatic carbocycles. The van der Waals surface area contributed by atoms with Gasteiger partial charge in [0, 0.05) is 29.0 Å². The largest absolute Gasteiger partial charge is 0.504 e. The van der Waals surface area contributed by atoms with E-state index in [-0.39, 0.29) is 46.1 Å². The van der Waals surface area contributed by atoms with Gasteiger partial charge in [-0.3, -0.25) is 14.5 Å². The van der Waals surface area contributed by atoms with Crippen molar-refractivity contribution in [1.29, 1.82) is 0 Å². The number of anilines is 1. The van der Waals surface area contributed by atoms with E-state index in [1.165, 1.54) is 47.1 Å². The minimum absolute atomic E-state index is 0.0392. The number of aromatic amines is 1. The number of imidazole rings is 1. The number of carboxylic acid groups (broad SMARTS) is 1. The molecule has 0 unspecified atom stereocenters. The van der Waals surface area contributed by atoms with Gasteiger partial charge in [0.15, 0.2) is 27.5 Å². The summed E-state index contributed by atoms with van der Waals surface area (Å²) >= 11 is 3.63. The second kappa shape index (κ2) is 11.1. The van der Waals surface area contributed by atoms with Crippen molar-refractivity contribution in [1.82, 2.24) is 25.2 Å². The van der Waals surface area contributed by atoms with Gasteiger partial charge in [-0.1, -0.05) is 29.6 Å². The molecule has 1 fully saturated rings. The van der Waals surface area contributed by atoms with Crippen LogP contribution in [0.25, 0.3) is 11.0 Å². The van der Waals surface area contributed by atoms with Gasteiger partial charge in [0.1, 0.15) is 29.4 Å². The molecular formula is C23H21N7O7S3. The minimum Gasteiger partial charge on any atom is -0.504 e. The van der Waals surface area contributed by atoms with Crippen LogP contribution >= 0.6 is 34.9 Å². The maximum absolute atomic E-state index is 13.1. The number of phenolic OH excluding ortho intramolecular Hbond substituents is 2. The standard InChI is InChI=1S/C23H21N7O7S3/c1-2-3-37-29-15(12-8-39-22(24)25-12)18(33)28-16-19(34)30-17(21(35)36)9(6-38-20(16)30)7-40-23-26-10-4-13(31)14(32)5-11(10)27-23/h2,4-5,8,16,20,31-32H,1,3,6-7H2,(H2,24,25)(H,26,27)(H,28,33)(H,35,36)/t16-,20-/m1/s1. The van der Waals surface area contributed by atoms with Crippen molar-refractivity contribution < 1.29 is 34.5 Å². The summed E-state index contributed by atoms with van der Waals surface area (Å²) in [7, 11) is 0. The maximum atomic E-state index is 13.1. The zero-order valence-corrected chi connectivity index (χ0v) is 22.8. The van der Waals surface area contributed by atoms with Crippen LogP contribution in [0.2, 0.25) is 0 Å². The van der Waals surface area contributed by atoms with Gasteiger partial charge < -0.3 is 36.2 Å². The van der Waals surface area contributed by atoms with Crippen molar-refractivity contribution >= 4 is 74.5 Å². The van der Waals surface area contributed by atoms with Crippen molar-refractivity contribution in [3.63, 3.8) is 0 Å².